The van der Waals surface area contributed by atoms with Gasteiger partial charge in [0.05, 0.1) is 0 Å². The van der Waals surface area contributed by atoms with Crippen LogP contribution < -0.4 is 0 Å². The highest BCUT2D eigenvalue weighted by Gasteiger charge is 2.07. The summed E-state index contributed by atoms with van der Waals surface area (Å²) in [5.74, 6) is 0. The van der Waals surface area contributed by atoms with Crippen molar-refractivity contribution in [2.45, 2.75) is 57.2 Å². The van der Waals surface area contributed by atoms with E-state index in [1.54, 1.807) is 0 Å². The Bertz CT molecular complexity index is 137. The zero-order chi connectivity index (χ0) is 10.1. The van der Waals surface area contributed by atoms with E-state index in [1.807, 2.05) is 0 Å². The lowest BCUT2D eigenvalue weighted by Crippen LogP contribution is -2.02. The molecule has 0 fully saturated rings. The Labute approximate surface area is 90.8 Å². The zero-order valence-electron chi connectivity index (χ0n) is 8.19. The summed E-state index contributed by atoms with van der Waals surface area (Å²) in [6, 6.07) is 0. The smallest absolute Gasteiger partial charge is 0.223 e. The number of halogens is 2. The Kier molecular flexibility index (Phi) is 9.00. The summed E-state index contributed by atoms with van der Waals surface area (Å²) in [6.45, 7) is 2.19. The van der Waals surface area contributed by atoms with Gasteiger partial charge in [-0.1, -0.05) is 39.0 Å². The van der Waals surface area contributed by atoms with Crippen molar-refractivity contribution in [2.24, 2.45) is 0 Å². The molecule has 0 amide bonds. The van der Waals surface area contributed by atoms with Gasteiger partial charge in [-0.3, -0.25) is 4.79 Å². The second-order valence-electron chi connectivity index (χ2n) is 3.36. The number of carbonyl (C=O) groups is 1. The van der Waals surface area contributed by atoms with Crippen LogP contribution in [0.3, 0.4) is 0 Å². The third-order valence-corrected chi connectivity index (χ3v) is 2.53. The first-order valence-corrected chi connectivity index (χ1v) is 5.80. The van der Waals surface area contributed by atoms with E-state index in [1.165, 1.54) is 25.7 Å². The summed E-state index contributed by atoms with van der Waals surface area (Å²) < 4.78 is 0. The SMILES string of the molecule is CCCCCCCC(Cl)CC(=O)Cl. The summed E-state index contributed by atoms with van der Waals surface area (Å²) in [5, 5.41) is -0.389. The van der Waals surface area contributed by atoms with Gasteiger partial charge in [-0.15, -0.1) is 11.6 Å². The van der Waals surface area contributed by atoms with Gasteiger partial charge >= 0.3 is 0 Å². The number of unbranched alkanes of at least 4 members (excludes halogenated alkanes) is 4. The van der Waals surface area contributed by atoms with Gasteiger partial charge in [-0.25, -0.2) is 0 Å². The van der Waals surface area contributed by atoms with E-state index in [4.69, 9.17) is 23.2 Å². The standard InChI is InChI=1S/C10H18Cl2O/c1-2-3-4-5-6-7-9(11)8-10(12)13/h9H,2-8H2,1H3. The highest BCUT2D eigenvalue weighted by atomic mass is 35.5. The van der Waals surface area contributed by atoms with E-state index in [0.717, 1.165) is 12.8 Å². The van der Waals surface area contributed by atoms with Crippen LogP contribution in [-0.4, -0.2) is 10.6 Å². The molecule has 0 N–H and O–H groups in total. The van der Waals surface area contributed by atoms with Crippen LogP contribution in [0.5, 0.6) is 0 Å². The van der Waals surface area contributed by atoms with Gasteiger partial charge in [-0.05, 0) is 18.0 Å². The van der Waals surface area contributed by atoms with Gasteiger partial charge < -0.3 is 0 Å². The normalized spacial score (nSPS) is 12.8. The van der Waals surface area contributed by atoms with Crippen molar-refractivity contribution in [2.75, 3.05) is 0 Å². The fraction of sp³-hybridized carbons (Fsp3) is 0.900. The fourth-order valence-corrected chi connectivity index (χ4v) is 1.81. The van der Waals surface area contributed by atoms with Gasteiger partial charge in [0.1, 0.15) is 0 Å². The molecule has 1 nitrogen and oxygen atoms in total. The van der Waals surface area contributed by atoms with Gasteiger partial charge in [0.25, 0.3) is 0 Å². The first kappa shape index (κ1) is 13.2. The first-order valence-electron chi connectivity index (χ1n) is 4.99. The summed E-state index contributed by atoms with van der Waals surface area (Å²) in [6.07, 6.45) is 7.35. The molecule has 13 heavy (non-hydrogen) atoms. The highest BCUT2D eigenvalue weighted by molar-refractivity contribution is 6.63. The second kappa shape index (κ2) is 8.83. The van der Waals surface area contributed by atoms with E-state index in [0.29, 0.717) is 6.42 Å². The molecule has 78 valence electrons. The molecule has 0 aromatic rings. The maximum absolute atomic E-state index is 10.5. The average molecular weight is 225 g/mol. The minimum Gasteiger partial charge on any atom is -0.281 e. The highest BCUT2D eigenvalue weighted by Crippen LogP contribution is 2.14. The molecule has 0 aromatic heterocycles. The number of carbonyl (C=O) groups excluding carboxylic acids is 1. The fourth-order valence-electron chi connectivity index (χ4n) is 1.25. The maximum atomic E-state index is 10.5. The zero-order valence-corrected chi connectivity index (χ0v) is 9.70. The van der Waals surface area contributed by atoms with Crippen LogP contribution in [0, 0.1) is 0 Å². The largest absolute Gasteiger partial charge is 0.281 e. The third-order valence-electron chi connectivity index (χ3n) is 2.00. The van der Waals surface area contributed by atoms with E-state index >= 15 is 0 Å². The molecule has 1 atom stereocenters. The Hall–Kier alpha value is 0.250. The quantitative estimate of drug-likeness (QED) is 0.345. The molecule has 0 aliphatic carbocycles. The molecule has 0 aromatic carbocycles. The number of hydrogen-bond donors (Lipinski definition) is 0. The van der Waals surface area contributed by atoms with Gasteiger partial charge in [0.15, 0.2) is 0 Å². The topological polar surface area (TPSA) is 17.1 Å². The van der Waals surface area contributed by atoms with Crippen LogP contribution in [0.15, 0.2) is 0 Å². The van der Waals surface area contributed by atoms with Gasteiger partial charge in [0, 0.05) is 11.8 Å². The summed E-state index contributed by atoms with van der Waals surface area (Å²) in [7, 11) is 0. The molecule has 0 heterocycles. The van der Waals surface area contributed by atoms with E-state index in [-0.39, 0.29) is 10.6 Å². The molecule has 0 aliphatic heterocycles. The monoisotopic (exact) mass is 224 g/mol. The average Bonchev–Trinajstić information content (AvgIpc) is 2.02. The van der Waals surface area contributed by atoms with Crippen LogP contribution in [0.25, 0.3) is 0 Å². The lowest BCUT2D eigenvalue weighted by molar-refractivity contribution is -0.111. The summed E-state index contributed by atoms with van der Waals surface area (Å²) in [5.41, 5.74) is 0. The Morgan fingerprint density at radius 3 is 2.38 bits per heavy atom. The van der Waals surface area contributed by atoms with Crippen molar-refractivity contribution in [1.82, 2.24) is 0 Å². The summed E-state index contributed by atoms with van der Waals surface area (Å²) in [4.78, 5) is 10.5. The molecule has 0 aliphatic rings. The third kappa shape index (κ3) is 10.2. The lowest BCUT2D eigenvalue weighted by atomic mass is 10.1. The molecular weight excluding hydrogens is 207 g/mol. The molecule has 0 bridgehead atoms. The lowest BCUT2D eigenvalue weighted by Gasteiger charge is -2.05. The van der Waals surface area contributed by atoms with Crippen molar-refractivity contribution >= 4 is 28.4 Å². The van der Waals surface area contributed by atoms with Crippen LogP contribution in [-0.2, 0) is 4.79 Å². The van der Waals surface area contributed by atoms with Gasteiger partial charge in [0.2, 0.25) is 5.24 Å². The molecule has 0 spiro atoms. The Morgan fingerprint density at radius 2 is 1.85 bits per heavy atom. The first-order chi connectivity index (χ1) is 6.16. The van der Waals surface area contributed by atoms with Crippen LogP contribution in [0.4, 0.5) is 0 Å². The van der Waals surface area contributed by atoms with Crippen molar-refractivity contribution in [1.29, 1.82) is 0 Å². The Balaban J connectivity index is 3.17. The van der Waals surface area contributed by atoms with Crippen molar-refractivity contribution < 1.29 is 4.79 Å². The maximum Gasteiger partial charge on any atom is 0.223 e. The van der Waals surface area contributed by atoms with Crippen molar-refractivity contribution in [3.8, 4) is 0 Å². The molecule has 0 saturated carbocycles. The minimum absolute atomic E-state index is 0.0633. The van der Waals surface area contributed by atoms with E-state index in [9.17, 15) is 4.79 Å². The second-order valence-corrected chi connectivity index (χ2v) is 4.40. The van der Waals surface area contributed by atoms with Gasteiger partial charge in [-0.2, -0.15) is 0 Å². The number of hydrogen-bond acceptors (Lipinski definition) is 1. The van der Waals surface area contributed by atoms with Crippen molar-refractivity contribution in [3.05, 3.63) is 0 Å². The van der Waals surface area contributed by atoms with E-state index in [2.05, 4.69) is 6.92 Å². The molecule has 1 unspecified atom stereocenters. The van der Waals surface area contributed by atoms with Crippen LogP contribution >= 0.6 is 23.2 Å². The van der Waals surface area contributed by atoms with Crippen LogP contribution in [0.1, 0.15) is 51.9 Å². The van der Waals surface area contributed by atoms with Crippen molar-refractivity contribution in [3.63, 3.8) is 0 Å². The summed E-state index contributed by atoms with van der Waals surface area (Å²) >= 11 is 11.1. The van der Waals surface area contributed by atoms with Crippen LogP contribution in [0.2, 0.25) is 0 Å². The molecular formula is C10H18Cl2O. The van der Waals surface area contributed by atoms with E-state index < -0.39 is 0 Å². The molecule has 0 saturated heterocycles. The predicted octanol–water partition coefficient (Wildman–Crippen LogP) is 4.11. The predicted molar refractivity (Wildman–Crippen MR) is 58.5 cm³/mol. The number of alkyl halides is 1. The molecule has 0 radical (unpaired) electrons. The molecule has 3 heteroatoms. The Morgan fingerprint density at radius 1 is 1.23 bits per heavy atom. The molecule has 0 rings (SSSR count). The number of rotatable bonds is 8. The minimum atomic E-state index is -0.325.